The molecule has 0 spiro atoms. The van der Waals surface area contributed by atoms with E-state index in [0.717, 1.165) is 11.3 Å². The van der Waals surface area contributed by atoms with Gasteiger partial charge >= 0.3 is 5.97 Å². The molecule has 0 saturated carbocycles. The van der Waals surface area contributed by atoms with Crippen LogP contribution in [0.3, 0.4) is 0 Å². The van der Waals surface area contributed by atoms with Gasteiger partial charge in [0.15, 0.2) is 23.1 Å². The molecule has 0 radical (unpaired) electrons. The molecule has 130 valence electrons. The molecule has 0 saturated heterocycles. The van der Waals surface area contributed by atoms with Crippen LogP contribution in [-0.4, -0.2) is 42.3 Å². The lowest BCUT2D eigenvalue weighted by atomic mass is 10.0. The molecule has 1 aromatic carbocycles. The molecule has 1 atom stereocenters. The summed E-state index contributed by atoms with van der Waals surface area (Å²) >= 11 is 1.07. The SMILES string of the molecule is COc1cc2sc(C(=O)C[C@H](C)C(=O)O)cc2c(F)c1OCCO. The summed E-state index contributed by atoms with van der Waals surface area (Å²) < 4.78 is 25.4. The molecule has 0 fully saturated rings. The van der Waals surface area contributed by atoms with Gasteiger partial charge in [-0.15, -0.1) is 11.3 Å². The van der Waals surface area contributed by atoms with Crippen molar-refractivity contribution in [3.63, 3.8) is 0 Å². The Labute approximate surface area is 141 Å². The van der Waals surface area contributed by atoms with E-state index in [-0.39, 0.29) is 47.2 Å². The summed E-state index contributed by atoms with van der Waals surface area (Å²) in [6, 6.07) is 2.94. The van der Waals surface area contributed by atoms with Gasteiger partial charge in [0.2, 0.25) is 0 Å². The lowest BCUT2D eigenvalue weighted by molar-refractivity contribution is -0.141. The molecule has 24 heavy (non-hydrogen) atoms. The van der Waals surface area contributed by atoms with Gasteiger partial charge in [0, 0.05) is 22.6 Å². The van der Waals surface area contributed by atoms with Crippen LogP contribution in [0.2, 0.25) is 0 Å². The second kappa shape index (κ2) is 7.59. The van der Waals surface area contributed by atoms with Gasteiger partial charge in [0.05, 0.1) is 24.5 Å². The second-order valence-electron chi connectivity index (χ2n) is 5.18. The van der Waals surface area contributed by atoms with Crippen LogP contribution in [0.4, 0.5) is 4.39 Å². The van der Waals surface area contributed by atoms with Gasteiger partial charge in [-0.05, 0) is 6.07 Å². The third kappa shape index (κ3) is 3.65. The van der Waals surface area contributed by atoms with E-state index in [1.165, 1.54) is 20.1 Å². The van der Waals surface area contributed by atoms with Crippen LogP contribution in [0.25, 0.3) is 10.1 Å². The number of methoxy groups -OCH3 is 1. The molecule has 6 nitrogen and oxygen atoms in total. The van der Waals surface area contributed by atoms with E-state index in [0.29, 0.717) is 4.70 Å². The number of carbonyl (C=O) groups is 2. The summed E-state index contributed by atoms with van der Waals surface area (Å²) in [6.07, 6.45) is -0.158. The first kappa shape index (κ1) is 18.2. The van der Waals surface area contributed by atoms with E-state index in [1.54, 1.807) is 6.07 Å². The van der Waals surface area contributed by atoms with E-state index in [1.807, 2.05) is 0 Å². The first-order valence-electron chi connectivity index (χ1n) is 7.18. The van der Waals surface area contributed by atoms with Crippen molar-refractivity contribution in [3.8, 4) is 11.5 Å². The van der Waals surface area contributed by atoms with Crippen molar-refractivity contribution >= 4 is 33.2 Å². The normalized spacial score (nSPS) is 12.2. The number of halogens is 1. The monoisotopic (exact) mass is 356 g/mol. The number of hydrogen-bond acceptors (Lipinski definition) is 6. The summed E-state index contributed by atoms with van der Waals surface area (Å²) in [7, 11) is 1.36. The summed E-state index contributed by atoms with van der Waals surface area (Å²) in [5.74, 6) is -2.88. The Hall–Kier alpha value is -2.19. The molecular formula is C16H17FO6S. The minimum Gasteiger partial charge on any atom is -0.493 e. The van der Waals surface area contributed by atoms with Crippen LogP contribution in [-0.2, 0) is 4.79 Å². The Kier molecular flexibility index (Phi) is 5.74. The van der Waals surface area contributed by atoms with Gasteiger partial charge in [-0.3, -0.25) is 9.59 Å². The fourth-order valence-electron chi connectivity index (χ4n) is 2.14. The summed E-state index contributed by atoms with van der Waals surface area (Å²) in [4.78, 5) is 23.3. The number of ether oxygens (including phenoxy) is 2. The van der Waals surface area contributed by atoms with E-state index >= 15 is 0 Å². The van der Waals surface area contributed by atoms with Crippen LogP contribution in [0.5, 0.6) is 11.5 Å². The zero-order chi connectivity index (χ0) is 17.9. The number of carboxylic acids is 1. The molecule has 8 heteroatoms. The average molecular weight is 356 g/mol. The number of carboxylic acid groups (broad SMARTS) is 1. The van der Waals surface area contributed by atoms with Gasteiger partial charge in [-0.1, -0.05) is 6.92 Å². The first-order chi connectivity index (χ1) is 11.4. The molecule has 1 heterocycles. The maximum absolute atomic E-state index is 14.6. The highest BCUT2D eigenvalue weighted by atomic mass is 32.1. The number of Topliss-reactive ketones (excluding diaryl/α,β-unsaturated/α-hetero) is 1. The smallest absolute Gasteiger partial charge is 0.306 e. The van der Waals surface area contributed by atoms with Gasteiger partial charge in [0.1, 0.15) is 6.61 Å². The zero-order valence-electron chi connectivity index (χ0n) is 13.2. The molecule has 2 aromatic rings. The quantitative estimate of drug-likeness (QED) is 0.707. The Morgan fingerprint density at radius 2 is 2.08 bits per heavy atom. The zero-order valence-corrected chi connectivity index (χ0v) is 14.0. The number of thiophene rings is 1. The Morgan fingerprint density at radius 1 is 1.38 bits per heavy atom. The summed E-state index contributed by atoms with van der Waals surface area (Å²) in [5.41, 5.74) is 0. The number of hydrogen-bond donors (Lipinski definition) is 2. The third-order valence-electron chi connectivity index (χ3n) is 3.43. The molecule has 0 aliphatic carbocycles. The van der Waals surface area contributed by atoms with Crippen molar-refractivity contribution in [2.75, 3.05) is 20.3 Å². The number of benzene rings is 1. The third-order valence-corrected chi connectivity index (χ3v) is 4.55. The van der Waals surface area contributed by atoms with Gasteiger partial charge in [-0.25, -0.2) is 4.39 Å². The number of carbonyl (C=O) groups excluding carboxylic acids is 1. The van der Waals surface area contributed by atoms with Crippen molar-refractivity contribution in [2.24, 2.45) is 5.92 Å². The van der Waals surface area contributed by atoms with Crippen molar-refractivity contribution in [2.45, 2.75) is 13.3 Å². The minimum atomic E-state index is -1.06. The van der Waals surface area contributed by atoms with E-state index in [9.17, 15) is 14.0 Å². The van der Waals surface area contributed by atoms with Gasteiger partial charge < -0.3 is 19.7 Å². The Bertz CT molecular complexity index is 770. The van der Waals surface area contributed by atoms with Crippen molar-refractivity contribution < 1.29 is 33.7 Å². The van der Waals surface area contributed by atoms with Crippen molar-refractivity contribution in [3.05, 3.63) is 22.8 Å². The van der Waals surface area contributed by atoms with Gasteiger partial charge in [-0.2, -0.15) is 0 Å². The Balaban J connectivity index is 2.41. The topological polar surface area (TPSA) is 93.1 Å². The van der Waals surface area contributed by atoms with Crippen molar-refractivity contribution in [1.29, 1.82) is 0 Å². The van der Waals surface area contributed by atoms with Crippen LogP contribution >= 0.6 is 11.3 Å². The number of fused-ring (bicyclic) bond motifs is 1. The molecule has 0 bridgehead atoms. The molecule has 2 N–H and O–H groups in total. The molecule has 0 aliphatic heterocycles. The predicted octanol–water partition coefficient (Wildman–Crippen LogP) is 2.71. The first-order valence-corrected chi connectivity index (χ1v) is 8.00. The second-order valence-corrected chi connectivity index (χ2v) is 6.27. The fourth-order valence-corrected chi connectivity index (χ4v) is 3.17. The van der Waals surface area contributed by atoms with Crippen molar-refractivity contribution in [1.82, 2.24) is 0 Å². The highest BCUT2D eigenvalue weighted by molar-refractivity contribution is 7.20. The number of ketones is 1. The number of aliphatic carboxylic acids is 1. The highest BCUT2D eigenvalue weighted by Gasteiger charge is 2.22. The van der Waals surface area contributed by atoms with Crippen LogP contribution < -0.4 is 9.47 Å². The minimum absolute atomic E-state index is 0.0924. The van der Waals surface area contributed by atoms with Crippen LogP contribution in [0.1, 0.15) is 23.0 Å². The van der Waals surface area contributed by atoms with Gasteiger partial charge in [0.25, 0.3) is 0 Å². The summed E-state index contributed by atoms with van der Waals surface area (Å²) in [5, 5.41) is 17.9. The lowest BCUT2D eigenvalue weighted by Crippen LogP contribution is -2.13. The molecule has 2 rings (SSSR count). The molecule has 0 unspecified atom stereocenters. The largest absolute Gasteiger partial charge is 0.493 e. The molecule has 1 aromatic heterocycles. The average Bonchev–Trinajstić information content (AvgIpc) is 2.98. The van der Waals surface area contributed by atoms with E-state index in [4.69, 9.17) is 19.7 Å². The maximum atomic E-state index is 14.6. The molecule has 0 aliphatic rings. The standard InChI is InChI=1S/C16H17FO6S/c1-8(16(20)21)5-10(19)13-6-9-12(24-13)7-11(22-2)15(14(9)17)23-4-3-18/h6-8,18H,3-5H2,1-2H3,(H,20,21)/t8-/m0/s1. The van der Waals surface area contributed by atoms with Crippen LogP contribution in [0, 0.1) is 11.7 Å². The number of aliphatic hydroxyl groups excluding tert-OH is 1. The van der Waals surface area contributed by atoms with Crippen LogP contribution in [0.15, 0.2) is 12.1 Å². The molecular weight excluding hydrogens is 339 g/mol. The van der Waals surface area contributed by atoms with E-state index in [2.05, 4.69) is 0 Å². The maximum Gasteiger partial charge on any atom is 0.306 e. The lowest BCUT2D eigenvalue weighted by Gasteiger charge is -2.11. The summed E-state index contributed by atoms with van der Waals surface area (Å²) in [6.45, 7) is 1.07. The number of rotatable bonds is 8. The molecule has 0 amide bonds. The number of aliphatic hydroxyl groups is 1. The predicted molar refractivity (Wildman–Crippen MR) is 86.7 cm³/mol. The van der Waals surface area contributed by atoms with E-state index < -0.39 is 17.7 Å². The fraction of sp³-hybridized carbons (Fsp3) is 0.375. The Morgan fingerprint density at radius 3 is 2.67 bits per heavy atom. The highest BCUT2D eigenvalue weighted by Crippen LogP contribution is 2.40.